The molecule has 1 aliphatic rings. The second-order valence-corrected chi connectivity index (χ2v) is 7.36. The molecule has 0 saturated carbocycles. The number of aryl methyl sites for hydroxylation is 2. The average Bonchev–Trinajstić information content (AvgIpc) is 3.39. The largest absolute Gasteiger partial charge is 0.377 e. The van der Waals surface area contributed by atoms with Gasteiger partial charge < -0.3 is 10.3 Å². The van der Waals surface area contributed by atoms with Crippen LogP contribution in [-0.2, 0) is 13.0 Å². The number of benzene rings is 1. The minimum absolute atomic E-state index is 0.265. The third-order valence-corrected chi connectivity index (χ3v) is 5.25. The van der Waals surface area contributed by atoms with E-state index < -0.39 is 0 Å². The second kappa shape index (κ2) is 7.59. The van der Waals surface area contributed by atoms with Crippen LogP contribution >= 0.6 is 0 Å². The van der Waals surface area contributed by atoms with Crippen molar-refractivity contribution in [2.75, 3.05) is 5.32 Å². The van der Waals surface area contributed by atoms with Crippen LogP contribution in [0.2, 0.25) is 0 Å². The Hall–Kier alpha value is -3.74. The topological polar surface area (TPSA) is 71.4 Å². The third kappa shape index (κ3) is 3.50. The Morgan fingerprint density at radius 1 is 1.13 bits per heavy atom. The third-order valence-electron chi connectivity index (χ3n) is 5.25. The lowest BCUT2D eigenvalue weighted by molar-refractivity contribution is 0.630. The van der Waals surface area contributed by atoms with Crippen LogP contribution in [-0.4, -0.2) is 24.7 Å². The number of anilines is 1. The van der Waals surface area contributed by atoms with Gasteiger partial charge >= 0.3 is 0 Å². The summed E-state index contributed by atoms with van der Waals surface area (Å²) in [6.45, 7) is 2.45. The van der Waals surface area contributed by atoms with Gasteiger partial charge in [0.2, 0.25) is 0 Å². The van der Waals surface area contributed by atoms with Gasteiger partial charge in [-0.3, -0.25) is 4.98 Å². The summed E-state index contributed by atoms with van der Waals surface area (Å²) in [5.74, 6) is 0.699. The van der Waals surface area contributed by atoms with Crippen LogP contribution in [0.15, 0.2) is 54.9 Å². The Morgan fingerprint density at radius 3 is 2.90 bits per heavy atom. The SMILES string of the molecule is Cc1cccc(-c2[nH]c(CNc3ccccc3F)cc2C2=Cn3ncnc3CC2)n1. The summed E-state index contributed by atoms with van der Waals surface area (Å²) in [6.07, 6.45) is 5.32. The van der Waals surface area contributed by atoms with E-state index in [2.05, 4.69) is 26.4 Å². The summed E-state index contributed by atoms with van der Waals surface area (Å²) in [6, 6.07) is 14.8. The maximum Gasteiger partial charge on any atom is 0.146 e. The van der Waals surface area contributed by atoms with Crippen LogP contribution < -0.4 is 5.32 Å². The van der Waals surface area contributed by atoms with Gasteiger partial charge in [-0.05, 0) is 49.2 Å². The Morgan fingerprint density at radius 2 is 2.03 bits per heavy atom. The fourth-order valence-corrected chi connectivity index (χ4v) is 3.76. The molecular formula is C23H21FN6. The second-order valence-electron chi connectivity index (χ2n) is 7.36. The summed E-state index contributed by atoms with van der Waals surface area (Å²) < 4.78 is 15.8. The normalized spacial score (nSPS) is 13.1. The first kappa shape index (κ1) is 18.3. The molecule has 150 valence electrons. The van der Waals surface area contributed by atoms with E-state index in [1.807, 2.05) is 42.1 Å². The Balaban J connectivity index is 1.53. The molecule has 1 aromatic carbocycles. The zero-order valence-electron chi connectivity index (χ0n) is 16.6. The Bertz CT molecular complexity index is 1240. The summed E-state index contributed by atoms with van der Waals surface area (Å²) in [4.78, 5) is 12.5. The van der Waals surface area contributed by atoms with Crippen molar-refractivity contribution in [2.24, 2.45) is 0 Å². The summed E-state index contributed by atoms with van der Waals surface area (Å²) in [5, 5.41) is 7.46. The number of fused-ring (bicyclic) bond motifs is 1. The van der Waals surface area contributed by atoms with Crippen molar-refractivity contribution in [1.29, 1.82) is 0 Å². The van der Waals surface area contributed by atoms with Crippen molar-refractivity contribution in [1.82, 2.24) is 24.7 Å². The maximum absolute atomic E-state index is 14.0. The van der Waals surface area contributed by atoms with Crippen LogP contribution in [0.4, 0.5) is 10.1 Å². The number of halogens is 1. The van der Waals surface area contributed by atoms with E-state index >= 15 is 0 Å². The Labute approximate surface area is 173 Å². The molecule has 4 aromatic rings. The van der Waals surface area contributed by atoms with Gasteiger partial charge in [0.15, 0.2) is 0 Å². The molecule has 0 unspecified atom stereocenters. The minimum Gasteiger partial charge on any atom is -0.377 e. The van der Waals surface area contributed by atoms with Crippen LogP contribution in [0.5, 0.6) is 0 Å². The number of H-pyrrole nitrogens is 1. The first-order chi connectivity index (χ1) is 14.7. The van der Waals surface area contributed by atoms with Gasteiger partial charge in [0.1, 0.15) is 18.0 Å². The van der Waals surface area contributed by atoms with E-state index in [0.29, 0.717) is 12.2 Å². The highest BCUT2D eigenvalue weighted by Crippen LogP contribution is 2.33. The van der Waals surface area contributed by atoms with E-state index in [1.54, 1.807) is 18.5 Å². The quantitative estimate of drug-likeness (QED) is 0.511. The molecule has 2 N–H and O–H groups in total. The molecule has 1 aliphatic heterocycles. The molecule has 0 bridgehead atoms. The molecular weight excluding hydrogens is 379 g/mol. The molecule has 30 heavy (non-hydrogen) atoms. The van der Waals surface area contributed by atoms with Crippen molar-refractivity contribution in [2.45, 2.75) is 26.3 Å². The summed E-state index contributed by atoms with van der Waals surface area (Å²) in [7, 11) is 0. The average molecular weight is 400 g/mol. The molecule has 4 heterocycles. The predicted octanol–water partition coefficient (Wildman–Crippen LogP) is 4.67. The lowest BCUT2D eigenvalue weighted by Crippen LogP contribution is -2.06. The number of aromatic nitrogens is 5. The van der Waals surface area contributed by atoms with Crippen LogP contribution in [0.25, 0.3) is 23.2 Å². The number of allylic oxidation sites excluding steroid dienone is 1. The molecule has 0 amide bonds. The van der Waals surface area contributed by atoms with Crippen molar-refractivity contribution in [3.63, 3.8) is 0 Å². The van der Waals surface area contributed by atoms with Crippen LogP contribution in [0, 0.1) is 12.7 Å². The number of pyridine rings is 1. The fourth-order valence-electron chi connectivity index (χ4n) is 3.76. The monoisotopic (exact) mass is 400 g/mol. The number of aromatic amines is 1. The molecule has 5 rings (SSSR count). The number of nitrogens with zero attached hydrogens (tertiary/aromatic N) is 4. The maximum atomic E-state index is 14.0. The van der Waals surface area contributed by atoms with Gasteiger partial charge in [-0.15, -0.1) is 0 Å². The summed E-state index contributed by atoms with van der Waals surface area (Å²) >= 11 is 0. The summed E-state index contributed by atoms with van der Waals surface area (Å²) in [5.41, 5.74) is 6.48. The molecule has 7 heteroatoms. The molecule has 0 spiro atoms. The number of rotatable bonds is 5. The van der Waals surface area contributed by atoms with Gasteiger partial charge in [0, 0.05) is 29.6 Å². The predicted molar refractivity (Wildman–Crippen MR) is 115 cm³/mol. The zero-order valence-corrected chi connectivity index (χ0v) is 16.6. The van der Waals surface area contributed by atoms with Gasteiger partial charge in [-0.1, -0.05) is 18.2 Å². The minimum atomic E-state index is -0.265. The van der Waals surface area contributed by atoms with Gasteiger partial charge in [0.05, 0.1) is 23.6 Å². The van der Waals surface area contributed by atoms with E-state index in [9.17, 15) is 4.39 Å². The van der Waals surface area contributed by atoms with Gasteiger partial charge in [-0.2, -0.15) is 5.10 Å². The van der Waals surface area contributed by atoms with Gasteiger partial charge in [0.25, 0.3) is 0 Å². The van der Waals surface area contributed by atoms with Crippen molar-refractivity contribution < 1.29 is 4.39 Å². The molecule has 3 aromatic heterocycles. The van der Waals surface area contributed by atoms with Crippen molar-refractivity contribution >= 4 is 17.5 Å². The van der Waals surface area contributed by atoms with E-state index in [-0.39, 0.29) is 5.82 Å². The first-order valence-electron chi connectivity index (χ1n) is 9.91. The fraction of sp³-hybridized carbons (Fsp3) is 0.174. The molecule has 0 radical (unpaired) electrons. The highest BCUT2D eigenvalue weighted by Gasteiger charge is 2.19. The number of hydrogen-bond acceptors (Lipinski definition) is 4. The van der Waals surface area contributed by atoms with E-state index in [1.165, 1.54) is 11.6 Å². The smallest absolute Gasteiger partial charge is 0.146 e. The van der Waals surface area contributed by atoms with Crippen LogP contribution in [0.3, 0.4) is 0 Å². The molecule has 0 saturated heterocycles. The van der Waals surface area contributed by atoms with Gasteiger partial charge in [-0.25, -0.2) is 14.1 Å². The van der Waals surface area contributed by atoms with Crippen LogP contribution in [0.1, 0.15) is 29.2 Å². The lowest BCUT2D eigenvalue weighted by atomic mass is 9.98. The van der Waals surface area contributed by atoms with Crippen molar-refractivity contribution in [3.05, 3.63) is 83.5 Å². The number of para-hydroxylation sites is 1. The van der Waals surface area contributed by atoms with Crippen molar-refractivity contribution in [3.8, 4) is 11.4 Å². The first-order valence-corrected chi connectivity index (χ1v) is 9.91. The molecule has 0 aliphatic carbocycles. The standard InChI is InChI=1S/C23H21FN6/c1-15-5-4-8-21(28-15)23-18(16-9-10-22-26-14-27-30(22)13-16)11-17(29-23)12-25-20-7-3-2-6-19(20)24/h2-8,11,13-14,25,29H,9-10,12H2,1H3. The molecule has 0 fully saturated rings. The molecule has 6 nitrogen and oxygen atoms in total. The lowest BCUT2D eigenvalue weighted by Gasteiger charge is -2.14. The number of hydrogen-bond donors (Lipinski definition) is 2. The number of nitrogens with one attached hydrogen (secondary N) is 2. The van der Waals surface area contributed by atoms with E-state index in [4.69, 9.17) is 4.98 Å². The molecule has 0 atom stereocenters. The highest BCUT2D eigenvalue weighted by atomic mass is 19.1. The zero-order chi connectivity index (χ0) is 20.5. The Kier molecular flexibility index (Phi) is 4.63. The highest BCUT2D eigenvalue weighted by molar-refractivity contribution is 5.85. The van der Waals surface area contributed by atoms with E-state index in [0.717, 1.165) is 47.0 Å².